The van der Waals surface area contributed by atoms with E-state index >= 15 is 0 Å². The van der Waals surface area contributed by atoms with Crippen molar-refractivity contribution < 1.29 is 13.2 Å². The van der Waals surface area contributed by atoms with Crippen molar-refractivity contribution in [2.24, 2.45) is 0 Å². The van der Waals surface area contributed by atoms with Crippen LogP contribution in [0.5, 0.6) is 0 Å². The first-order valence-corrected chi connectivity index (χ1v) is 13.5. The molecule has 0 bridgehead atoms. The van der Waals surface area contributed by atoms with Crippen LogP contribution in [-0.4, -0.2) is 20.2 Å². The monoisotopic (exact) mass is 421 g/mol. The molecule has 1 aliphatic heterocycles. The zero-order valence-corrected chi connectivity index (χ0v) is 19.1. The second-order valence-electron chi connectivity index (χ2n) is 8.85. The van der Waals surface area contributed by atoms with Crippen LogP contribution in [0.1, 0.15) is 32.8 Å². The minimum absolute atomic E-state index is 0.168. The summed E-state index contributed by atoms with van der Waals surface area (Å²) in [6.45, 7) is 11.9. The third-order valence-electron chi connectivity index (χ3n) is 5.74. The van der Waals surface area contributed by atoms with Crippen molar-refractivity contribution >= 4 is 31.6 Å². The van der Waals surface area contributed by atoms with Crippen molar-refractivity contribution in [3.63, 3.8) is 0 Å². The van der Waals surface area contributed by atoms with Crippen molar-refractivity contribution in [1.82, 2.24) is 0 Å². The van der Waals surface area contributed by atoms with Gasteiger partial charge in [-0.25, -0.2) is 8.78 Å². The molecule has 0 amide bonds. The summed E-state index contributed by atoms with van der Waals surface area (Å²) in [4.78, 5) is 0. The number of nitrogens with zero attached hydrogens (tertiary/aromatic N) is 1. The highest BCUT2D eigenvalue weighted by Crippen LogP contribution is 2.45. The van der Waals surface area contributed by atoms with Crippen molar-refractivity contribution in [2.75, 3.05) is 10.9 Å². The predicted molar refractivity (Wildman–Crippen MR) is 118 cm³/mol. The van der Waals surface area contributed by atoms with Gasteiger partial charge in [0.15, 0.2) is 8.32 Å². The molecule has 0 spiro atoms. The highest BCUT2D eigenvalue weighted by Gasteiger charge is 2.37. The van der Waals surface area contributed by atoms with Gasteiger partial charge in [0.05, 0.1) is 11.4 Å². The molecule has 3 rings (SSSR count). The molecule has 0 aliphatic carbocycles. The molecule has 2 nitrogen and oxygen atoms in total. The van der Waals surface area contributed by atoms with Gasteiger partial charge in [-0.3, -0.25) is 4.31 Å². The quantitative estimate of drug-likeness (QED) is 0.378. The van der Waals surface area contributed by atoms with Crippen LogP contribution in [0.2, 0.25) is 18.1 Å². The SMILES string of the molecule is CC(C)(C)[Si](C)(C)OCCC1Cc2cc(F)ccc2N(c2ccccc2F)S1. The fraction of sp³-hybridized carbons (Fsp3) is 0.455. The lowest BCUT2D eigenvalue weighted by Gasteiger charge is -2.38. The maximum atomic E-state index is 14.5. The van der Waals surface area contributed by atoms with Gasteiger partial charge in [0.1, 0.15) is 11.6 Å². The van der Waals surface area contributed by atoms with Crippen LogP contribution < -0.4 is 4.31 Å². The Morgan fingerprint density at radius 1 is 1.11 bits per heavy atom. The van der Waals surface area contributed by atoms with Crippen molar-refractivity contribution in [3.8, 4) is 0 Å². The number of para-hydroxylation sites is 1. The molecule has 2 aromatic carbocycles. The van der Waals surface area contributed by atoms with Crippen LogP contribution in [0.25, 0.3) is 0 Å². The molecular formula is C22H29F2NOSSi. The van der Waals surface area contributed by atoms with E-state index in [-0.39, 0.29) is 21.9 Å². The highest BCUT2D eigenvalue weighted by molar-refractivity contribution is 8.01. The Morgan fingerprint density at radius 3 is 2.50 bits per heavy atom. The van der Waals surface area contributed by atoms with Gasteiger partial charge in [0.25, 0.3) is 0 Å². The maximum Gasteiger partial charge on any atom is 0.191 e. The molecule has 1 heterocycles. The fourth-order valence-electron chi connectivity index (χ4n) is 3.02. The molecule has 2 aromatic rings. The van der Waals surface area contributed by atoms with Gasteiger partial charge in [0.2, 0.25) is 0 Å². The number of hydrogen-bond acceptors (Lipinski definition) is 3. The summed E-state index contributed by atoms with van der Waals surface area (Å²) in [6.07, 6.45) is 1.60. The van der Waals surface area contributed by atoms with Gasteiger partial charge in [0, 0.05) is 11.9 Å². The number of halogens is 2. The third-order valence-corrected chi connectivity index (χ3v) is 11.6. The number of hydrogen-bond donors (Lipinski definition) is 0. The molecule has 0 radical (unpaired) electrons. The van der Waals surface area contributed by atoms with Crippen molar-refractivity contribution in [3.05, 3.63) is 59.7 Å². The maximum absolute atomic E-state index is 14.5. The van der Waals surface area contributed by atoms with Gasteiger partial charge >= 0.3 is 0 Å². The number of benzene rings is 2. The molecule has 0 aromatic heterocycles. The Balaban J connectivity index is 1.79. The number of fused-ring (bicyclic) bond motifs is 1. The van der Waals surface area contributed by atoms with E-state index in [0.29, 0.717) is 12.3 Å². The van der Waals surface area contributed by atoms with Gasteiger partial charge < -0.3 is 4.43 Å². The largest absolute Gasteiger partial charge is 0.417 e. The van der Waals surface area contributed by atoms with E-state index in [4.69, 9.17) is 4.43 Å². The van der Waals surface area contributed by atoms with Crippen molar-refractivity contribution in [1.29, 1.82) is 0 Å². The molecule has 0 saturated carbocycles. The lowest BCUT2D eigenvalue weighted by Crippen LogP contribution is -2.41. The van der Waals surface area contributed by atoms with Gasteiger partial charge in [-0.2, -0.15) is 0 Å². The molecule has 6 heteroatoms. The Hall–Kier alpha value is -1.37. The van der Waals surface area contributed by atoms with E-state index in [1.807, 2.05) is 10.4 Å². The second-order valence-corrected chi connectivity index (χ2v) is 14.9. The topological polar surface area (TPSA) is 12.5 Å². The molecule has 1 aliphatic rings. The van der Waals surface area contributed by atoms with E-state index in [9.17, 15) is 8.78 Å². The summed E-state index contributed by atoms with van der Waals surface area (Å²) in [5, 5.41) is 0.375. The Bertz CT molecular complexity index is 838. The summed E-state index contributed by atoms with van der Waals surface area (Å²) >= 11 is 1.61. The van der Waals surface area contributed by atoms with Crippen molar-refractivity contribution in [2.45, 2.75) is 57.0 Å². The first kappa shape index (κ1) is 21.3. The predicted octanol–water partition coefficient (Wildman–Crippen LogP) is 7.09. The molecule has 0 saturated heterocycles. The Labute approximate surface area is 172 Å². The minimum atomic E-state index is -1.80. The van der Waals surface area contributed by atoms with Gasteiger partial charge in [-0.1, -0.05) is 32.9 Å². The standard InChI is InChI=1S/C22H29F2NOSSi/c1-22(2,3)28(4,5)26-13-12-18-15-16-14-17(23)10-11-20(16)25(27-18)21-9-7-6-8-19(21)24/h6-11,14,18H,12-13,15H2,1-5H3. The van der Waals surface area contributed by atoms with E-state index in [0.717, 1.165) is 24.1 Å². The number of rotatable bonds is 5. The van der Waals surface area contributed by atoms with Crippen LogP contribution >= 0.6 is 11.9 Å². The zero-order valence-electron chi connectivity index (χ0n) is 17.3. The highest BCUT2D eigenvalue weighted by atomic mass is 32.2. The molecule has 1 atom stereocenters. The summed E-state index contributed by atoms with van der Waals surface area (Å²) in [6, 6.07) is 11.5. The third kappa shape index (κ3) is 4.61. The lowest BCUT2D eigenvalue weighted by molar-refractivity contribution is 0.281. The Kier molecular flexibility index (Phi) is 6.22. The van der Waals surface area contributed by atoms with E-state index < -0.39 is 8.32 Å². The van der Waals surface area contributed by atoms with E-state index in [2.05, 4.69) is 33.9 Å². The first-order chi connectivity index (χ1) is 13.1. The molecule has 28 heavy (non-hydrogen) atoms. The molecular weight excluding hydrogens is 392 g/mol. The first-order valence-electron chi connectivity index (χ1n) is 9.72. The number of anilines is 2. The summed E-state index contributed by atoms with van der Waals surface area (Å²) in [5.41, 5.74) is 2.28. The van der Waals surface area contributed by atoms with Crippen LogP contribution in [0, 0.1) is 11.6 Å². The summed E-state index contributed by atoms with van der Waals surface area (Å²) in [5.74, 6) is -0.529. The van der Waals surface area contributed by atoms with Crippen LogP contribution in [0.3, 0.4) is 0 Å². The zero-order chi connectivity index (χ0) is 20.5. The minimum Gasteiger partial charge on any atom is -0.417 e. The van der Waals surface area contributed by atoms with Crippen LogP contribution in [0.4, 0.5) is 20.2 Å². The van der Waals surface area contributed by atoms with Crippen LogP contribution in [0.15, 0.2) is 42.5 Å². The van der Waals surface area contributed by atoms with E-state index in [1.165, 1.54) is 12.1 Å². The molecule has 0 N–H and O–H groups in total. The lowest BCUT2D eigenvalue weighted by atomic mass is 10.0. The van der Waals surface area contributed by atoms with E-state index in [1.54, 1.807) is 36.2 Å². The fourth-order valence-corrected chi connectivity index (χ4v) is 5.39. The Morgan fingerprint density at radius 2 is 1.82 bits per heavy atom. The molecule has 152 valence electrons. The molecule has 1 unspecified atom stereocenters. The summed E-state index contributed by atoms with van der Waals surface area (Å²) in [7, 11) is -1.80. The van der Waals surface area contributed by atoms with Gasteiger partial charge in [-0.05, 0) is 78.8 Å². The normalized spacial score (nSPS) is 17.5. The van der Waals surface area contributed by atoms with Crippen LogP contribution in [-0.2, 0) is 10.8 Å². The summed E-state index contributed by atoms with van der Waals surface area (Å²) < 4.78 is 36.6. The second kappa shape index (κ2) is 8.17. The average Bonchev–Trinajstić information content (AvgIpc) is 2.60. The molecule has 0 fully saturated rings. The van der Waals surface area contributed by atoms with Gasteiger partial charge in [-0.15, -0.1) is 0 Å². The average molecular weight is 422 g/mol. The smallest absolute Gasteiger partial charge is 0.191 e.